The number of hydrogen-bond donors (Lipinski definition) is 2. The SMILES string of the molecule is CCOC(=O)Nc1ccc(C(C)Nc2ccc(Cl)cc2)cc1[As]. The standard InChI is InChI=1S/C17H18AsClN2O2/c1-3-23-17(22)21-16-9-4-12(10-15(16)18)11(2)20-14-7-5-13(19)6-8-14/h4-11,20H,3H2,1-2H3,(H,21,22). The predicted octanol–water partition coefficient (Wildman–Crippen LogP) is 3.88. The minimum absolute atomic E-state index is 0.121. The van der Waals surface area contributed by atoms with E-state index in [0.717, 1.165) is 21.3 Å². The molecule has 0 saturated heterocycles. The van der Waals surface area contributed by atoms with Crippen LogP contribution in [0.1, 0.15) is 25.5 Å². The first kappa shape index (κ1) is 17.7. The molecule has 1 atom stereocenters. The molecule has 4 nitrogen and oxygen atoms in total. The molecule has 23 heavy (non-hydrogen) atoms. The Hall–Kier alpha value is -1.64. The number of benzene rings is 2. The van der Waals surface area contributed by atoms with Crippen LogP contribution in [0.15, 0.2) is 42.5 Å². The van der Waals surface area contributed by atoms with Crippen molar-refractivity contribution in [1.82, 2.24) is 0 Å². The Morgan fingerprint density at radius 3 is 2.57 bits per heavy atom. The predicted molar refractivity (Wildman–Crippen MR) is 96.0 cm³/mol. The zero-order chi connectivity index (χ0) is 16.8. The van der Waals surface area contributed by atoms with Crippen LogP contribution in [0, 0.1) is 0 Å². The molecular weight excluding hydrogens is 375 g/mol. The van der Waals surface area contributed by atoms with E-state index < -0.39 is 6.09 Å². The van der Waals surface area contributed by atoms with Gasteiger partial charge in [0, 0.05) is 0 Å². The fourth-order valence-electron chi connectivity index (χ4n) is 2.08. The van der Waals surface area contributed by atoms with Gasteiger partial charge in [-0.15, -0.1) is 0 Å². The molecule has 0 saturated carbocycles. The Kier molecular flexibility index (Phi) is 6.37. The van der Waals surface area contributed by atoms with Crippen molar-refractivity contribution >= 4 is 50.3 Å². The molecule has 2 rings (SSSR count). The Balaban J connectivity index is 2.06. The van der Waals surface area contributed by atoms with E-state index in [1.165, 1.54) is 0 Å². The van der Waals surface area contributed by atoms with Crippen LogP contribution in [0.3, 0.4) is 0 Å². The molecular formula is C17H18AsClN2O2. The molecule has 0 bridgehead atoms. The summed E-state index contributed by atoms with van der Waals surface area (Å²) in [7, 11) is 0. The third kappa shape index (κ3) is 5.19. The summed E-state index contributed by atoms with van der Waals surface area (Å²) in [5, 5.41) is 6.85. The van der Waals surface area contributed by atoms with Crippen LogP contribution in [-0.4, -0.2) is 29.6 Å². The monoisotopic (exact) mass is 392 g/mol. The number of anilines is 2. The maximum atomic E-state index is 11.5. The van der Waals surface area contributed by atoms with Crippen molar-refractivity contribution < 1.29 is 9.53 Å². The quantitative estimate of drug-likeness (QED) is 0.759. The fraction of sp³-hybridized carbons (Fsp3) is 0.235. The molecule has 1 unspecified atom stereocenters. The Bertz CT molecular complexity index is 677. The molecule has 0 aliphatic rings. The summed E-state index contributed by atoms with van der Waals surface area (Å²) in [6, 6.07) is 13.6. The number of ether oxygens (including phenoxy) is 1. The first-order valence-corrected chi connectivity index (χ1v) is 8.60. The number of nitrogens with one attached hydrogen (secondary N) is 2. The third-order valence-electron chi connectivity index (χ3n) is 3.26. The van der Waals surface area contributed by atoms with Crippen LogP contribution in [-0.2, 0) is 4.74 Å². The van der Waals surface area contributed by atoms with Gasteiger partial charge in [-0.25, -0.2) is 0 Å². The van der Waals surface area contributed by atoms with E-state index in [9.17, 15) is 4.79 Å². The van der Waals surface area contributed by atoms with E-state index in [2.05, 4.69) is 34.4 Å². The van der Waals surface area contributed by atoms with Crippen molar-refractivity contribution in [2.24, 2.45) is 0 Å². The van der Waals surface area contributed by atoms with E-state index in [1.807, 2.05) is 42.5 Å². The zero-order valence-electron chi connectivity index (χ0n) is 13.0. The van der Waals surface area contributed by atoms with Gasteiger partial charge in [0.15, 0.2) is 0 Å². The van der Waals surface area contributed by atoms with Crippen molar-refractivity contribution in [3.8, 4) is 0 Å². The van der Waals surface area contributed by atoms with Gasteiger partial charge >= 0.3 is 150 Å². The summed E-state index contributed by atoms with van der Waals surface area (Å²) < 4.78 is 5.81. The Labute approximate surface area is 150 Å². The zero-order valence-corrected chi connectivity index (χ0v) is 15.6. The second kappa shape index (κ2) is 8.28. The van der Waals surface area contributed by atoms with Crippen LogP contribution >= 0.6 is 11.6 Å². The summed E-state index contributed by atoms with van der Waals surface area (Å²) in [4.78, 5) is 11.5. The second-order valence-corrected chi connectivity index (χ2v) is 6.44. The third-order valence-corrected chi connectivity index (χ3v) is 4.29. The van der Waals surface area contributed by atoms with Crippen molar-refractivity contribution in [1.29, 1.82) is 0 Å². The number of halogens is 1. The molecule has 0 aromatic heterocycles. The first-order chi connectivity index (χ1) is 11.0. The molecule has 0 aliphatic carbocycles. The van der Waals surface area contributed by atoms with Crippen LogP contribution in [0.5, 0.6) is 0 Å². The Morgan fingerprint density at radius 2 is 1.96 bits per heavy atom. The van der Waals surface area contributed by atoms with Crippen LogP contribution in [0.2, 0.25) is 5.02 Å². The van der Waals surface area contributed by atoms with E-state index >= 15 is 0 Å². The molecule has 0 fully saturated rings. The van der Waals surface area contributed by atoms with Gasteiger partial charge in [-0.05, 0) is 0 Å². The second-order valence-electron chi connectivity index (χ2n) is 4.99. The average molecular weight is 393 g/mol. The van der Waals surface area contributed by atoms with E-state index in [4.69, 9.17) is 16.3 Å². The van der Waals surface area contributed by atoms with E-state index in [1.54, 1.807) is 6.92 Å². The normalized spacial score (nSPS) is 11.7. The number of carbonyl (C=O) groups excluding carboxylic acids is 1. The van der Waals surface area contributed by atoms with Crippen molar-refractivity contribution in [3.63, 3.8) is 0 Å². The van der Waals surface area contributed by atoms with Crippen molar-refractivity contribution in [2.45, 2.75) is 19.9 Å². The van der Waals surface area contributed by atoms with E-state index in [-0.39, 0.29) is 6.04 Å². The van der Waals surface area contributed by atoms with Crippen LogP contribution < -0.4 is 15.0 Å². The van der Waals surface area contributed by atoms with Crippen molar-refractivity contribution in [3.05, 3.63) is 53.1 Å². The van der Waals surface area contributed by atoms with Gasteiger partial charge in [-0.3, -0.25) is 0 Å². The topological polar surface area (TPSA) is 50.4 Å². The number of rotatable bonds is 5. The molecule has 0 heterocycles. The maximum absolute atomic E-state index is 11.5. The number of amides is 1. The van der Waals surface area contributed by atoms with Gasteiger partial charge in [-0.1, -0.05) is 0 Å². The molecule has 120 valence electrons. The van der Waals surface area contributed by atoms with Gasteiger partial charge in [0.05, 0.1) is 0 Å². The summed E-state index contributed by atoms with van der Waals surface area (Å²) in [6.07, 6.45) is -0.445. The van der Waals surface area contributed by atoms with Crippen LogP contribution in [0.4, 0.5) is 16.2 Å². The van der Waals surface area contributed by atoms with Gasteiger partial charge in [0.25, 0.3) is 0 Å². The van der Waals surface area contributed by atoms with Crippen molar-refractivity contribution in [2.75, 3.05) is 17.2 Å². The average Bonchev–Trinajstić information content (AvgIpc) is 2.51. The summed E-state index contributed by atoms with van der Waals surface area (Å²) in [5.41, 5.74) is 2.85. The van der Waals surface area contributed by atoms with Gasteiger partial charge < -0.3 is 0 Å². The molecule has 0 spiro atoms. The number of hydrogen-bond acceptors (Lipinski definition) is 3. The molecule has 1 amide bonds. The summed E-state index contributed by atoms with van der Waals surface area (Å²) >= 11 is 8.36. The first-order valence-electron chi connectivity index (χ1n) is 7.28. The molecule has 2 N–H and O–H groups in total. The molecule has 2 aromatic rings. The molecule has 0 aliphatic heterocycles. The summed E-state index contributed by atoms with van der Waals surface area (Å²) in [5.74, 6) is 0. The molecule has 2 radical (unpaired) electrons. The molecule has 2 aromatic carbocycles. The van der Waals surface area contributed by atoms with Crippen LogP contribution in [0.25, 0.3) is 0 Å². The van der Waals surface area contributed by atoms with E-state index in [0.29, 0.717) is 11.6 Å². The van der Waals surface area contributed by atoms with Gasteiger partial charge in [-0.2, -0.15) is 0 Å². The fourth-order valence-corrected chi connectivity index (χ4v) is 2.79. The Morgan fingerprint density at radius 1 is 1.26 bits per heavy atom. The van der Waals surface area contributed by atoms with Gasteiger partial charge in [0.2, 0.25) is 0 Å². The minimum atomic E-state index is -0.445. The molecule has 6 heteroatoms. The summed E-state index contributed by atoms with van der Waals surface area (Å²) in [6.45, 7) is 4.20. The van der Waals surface area contributed by atoms with Gasteiger partial charge in [0.1, 0.15) is 0 Å². The number of carbonyl (C=O) groups is 1.